The lowest BCUT2D eigenvalue weighted by Gasteiger charge is -2.32. The fourth-order valence-corrected chi connectivity index (χ4v) is 3.93. The van der Waals surface area contributed by atoms with Crippen molar-refractivity contribution in [1.82, 2.24) is 9.78 Å². The summed E-state index contributed by atoms with van der Waals surface area (Å²) < 4.78 is 1.88. The van der Waals surface area contributed by atoms with Crippen molar-refractivity contribution >= 4 is 11.4 Å². The van der Waals surface area contributed by atoms with Crippen molar-refractivity contribution in [1.29, 1.82) is 5.41 Å². The number of hydrogen-bond acceptors (Lipinski definition) is 4. The van der Waals surface area contributed by atoms with Crippen LogP contribution in [0.2, 0.25) is 0 Å². The van der Waals surface area contributed by atoms with Gasteiger partial charge in [0, 0.05) is 35.3 Å². The maximum absolute atomic E-state index is 8.74. The van der Waals surface area contributed by atoms with Gasteiger partial charge in [0.25, 0.3) is 0 Å². The Balaban J connectivity index is 2.05. The molecule has 5 N–H and O–H groups in total. The van der Waals surface area contributed by atoms with E-state index in [1.165, 1.54) is 0 Å². The summed E-state index contributed by atoms with van der Waals surface area (Å²) in [6.07, 6.45) is 2.72. The van der Waals surface area contributed by atoms with Crippen molar-refractivity contribution in [2.24, 2.45) is 18.2 Å². The number of benzene rings is 1. The van der Waals surface area contributed by atoms with Crippen LogP contribution in [-0.4, -0.2) is 15.5 Å². The topological polar surface area (TPSA) is 93.7 Å². The van der Waals surface area contributed by atoms with E-state index in [1.807, 2.05) is 43.8 Å². The number of nitrogens with zero attached hydrogens (tertiary/aromatic N) is 2. The van der Waals surface area contributed by atoms with Gasteiger partial charge in [-0.15, -0.1) is 0 Å². The Hall–Kier alpha value is -2.56. The second-order valence-corrected chi connectivity index (χ2v) is 8.23. The maximum atomic E-state index is 8.74. The fourth-order valence-electron chi connectivity index (χ4n) is 3.93. The third-order valence-corrected chi connectivity index (χ3v) is 5.45. The molecule has 138 valence electrons. The van der Waals surface area contributed by atoms with Gasteiger partial charge < -0.3 is 11.5 Å². The van der Waals surface area contributed by atoms with Gasteiger partial charge in [-0.1, -0.05) is 13.8 Å². The molecule has 26 heavy (non-hydrogen) atoms. The van der Waals surface area contributed by atoms with Gasteiger partial charge in [-0.25, -0.2) is 0 Å². The number of nitrogen functional groups attached to an aromatic ring is 1. The van der Waals surface area contributed by atoms with Gasteiger partial charge in [0.1, 0.15) is 0 Å². The van der Waals surface area contributed by atoms with Crippen molar-refractivity contribution in [3.63, 3.8) is 0 Å². The second kappa shape index (κ2) is 6.31. The smallest absolute Gasteiger partial charge is 0.0674 e. The molecule has 1 aromatic carbocycles. The largest absolute Gasteiger partial charge is 0.402 e. The number of nitrogens with two attached hydrogens (primary N) is 2. The van der Waals surface area contributed by atoms with Crippen LogP contribution >= 0.6 is 0 Å². The molecule has 5 nitrogen and oxygen atoms in total. The molecule has 0 saturated carbocycles. The van der Waals surface area contributed by atoms with Gasteiger partial charge in [-0.3, -0.25) is 10.1 Å². The molecule has 0 unspecified atom stereocenters. The van der Waals surface area contributed by atoms with Crippen molar-refractivity contribution in [2.45, 2.75) is 47.0 Å². The van der Waals surface area contributed by atoms with Crippen molar-refractivity contribution in [2.75, 3.05) is 5.73 Å². The van der Waals surface area contributed by atoms with E-state index in [0.29, 0.717) is 11.4 Å². The molecule has 0 saturated heterocycles. The first-order valence-corrected chi connectivity index (χ1v) is 9.07. The van der Waals surface area contributed by atoms with Crippen LogP contribution in [0.3, 0.4) is 0 Å². The summed E-state index contributed by atoms with van der Waals surface area (Å²) in [5.41, 5.74) is 20.6. The van der Waals surface area contributed by atoms with E-state index >= 15 is 0 Å². The lowest BCUT2D eigenvalue weighted by atomic mass is 9.75. The average Bonchev–Trinajstić information content (AvgIpc) is 2.78. The molecule has 3 rings (SSSR count). The van der Waals surface area contributed by atoms with Crippen LogP contribution in [0.5, 0.6) is 0 Å². The summed E-state index contributed by atoms with van der Waals surface area (Å²) in [7, 11) is 1.94. The first-order chi connectivity index (χ1) is 12.1. The van der Waals surface area contributed by atoms with E-state index in [0.717, 1.165) is 58.6 Å². The molecule has 0 radical (unpaired) electrons. The third-order valence-electron chi connectivity index (χ3n) is 5.45. The van der Waals surface area contributed by atoms with E-state index in [-0.39, 0.29) is 5.41 Å². The van der Waals surface area contributed by atoms with E-state index in [9.17, 15) is 0 Å². The minimum absolute atomic E-state index is 0.207. The van der Waals surface area contributed by atoms with Gasteiger partial charge in [-0.2, -0.15) is 5.10 Å². The lowest BCUT2D eigenvalue weighted by molar-refractivity contribution is 0.315. The molecular weight excluding hydrogens is 322 g/mol. The van der Waals surface area contributed by atoms with Gasteiger partial charge in [0.05, 0.1) is 11.4 Å². The Morgan fingerprint density at radius 3 is 2.46 bits per heavy atom. The summed E-state index contributed by atoms with van der Waals surface area (Å²) in [6, 6.07) is 5.86. The predicted molar refractivity (Wildman–Crippen MR) is 108 cm³/mol. The van der Waals surface area contributed by atoms with E-state index in [1.54, 1.807) is 0 Å². The monoisotopic (exact) mass is 351 g/mol. The Labute approximate surface area is 155 Å². The lowest BCUT2D eigenvalue weighted by Crippen LogP contribution is -2.25. The second-order valence-electron chi connectivity index (χ2n) is 8.23. The molecule has 0 atom stereocenters. The minimum atomic E-state index is 0.207. The predicted octanol–water partition coefficient (Wildman–Crippen LogP) is 4.08. The quantitative estimate of drug-likeness (QED) is 0.574. The number of aromatic nitrogens is 2. The number of allylic oxidation sites excluding steroid dienone is 2. The van der Waals surface area contributed by atoms with Crippen LogP contribution in [0, 0.1) is 24.7 Å². The highest BCUT2D eigenvalue weighted by molar-refractivity contribution is 6.12. The van der Waals surface area contributed by atoms with Crippen LogP contribution < -0.4 is 11.5 Å². The molecule has 1 heterocycles. The molecule has 1 aromatic heterocycles. The Kier molecular flexibility index (Phi) is 4.42. The Morgan fingerprint density at radius 1 is 1.19 bits per heavy atom. The van der Waals surface area contributed by atoms with Gasteiger partial charge in [-0.05, 0) is 67.9 Å². The van der Waals surface area contributed by atoms with Gasteiger partial charge >= 0.3 is 0 Å². The molecule has 0 bridgehead atoms. The summed E-state index contributed by atoms with van der Waals surface area (Å²) >= 11 is 0. The summed E-state index contributed by atoms with van der Waals surface area (Å²) in [4.78, 5) is 0. The molecule has 0 amide bonds. The number of hydrogen-bond donors (Lipinski definition) is 3. The standard InChI is InChI=1S/C21H29N5/c1-12-19(13(2)26(5)25-12)14-8-15(10-16(22)9-14)20(24)17-6-7-21(3,4)11-18(17)23/h8-10,24H,6-7,11,22-23H2,1-5H3. The molecule has 0 spiro atoms. The average molecular weight is 351 g/mol. The van der Waals surface area contributed by atoms with Crippen LogP contribution in [-0.2, 0) is 7.05 Å². The zero-order valence-corrected chi connectivity index (χ0v) is 16.4. The molecular formula is C21H29N5. The molecule has 1 aliphatic carbocycles. The van der Waals surface area contributed by atoms with Crippen LogP contribution in [0.1, 0.15) is 50.1 Å². The van der Waals surface area contributed by atoms with Crippen molar-refractivity contribution in [3.05, 3.63) is 46.4 Å². The summed E-state index contributed by atoms with van der Waals surface area (Å²) in [5, 5.41) is 13.2. The number of nitrogens with one attached hydrogen (secondary N) is 1. The molecule has 0 aliphatic heterocycles. The van der Waals surface area contributed by atoms with Gasteiger partial charge in [0.2, 0.25) is 0 Å². The minimum Gasteiger partial charge on any atom is -0.402 e. The maximum Gasteiger partial charge on any atom is 0.0674 e. The highest BCUT2D eigenvalue weighted by atomic mass is 15.3. The van der Waals surface area contributed by atoms with E-state index < -0.39 is 0 Å². The first kappa shape index (κ1) is 18.2. The Bertz CT molecular complexity index is 915. The van der Waals surface area contributed by atoms with Crippen LogP contribution in [0.4, 0.5) is 5.69 Å². The fraction of sp³-hybridized carbons (Fsp3) is 0.429. The van der Waals surface area contributed by atoms with E-state index in [4.69, 9.17) is 16.9 Å². The summed E-state index contributed by atoms with van der Waals surface area (Å²) in [6.45, 7) is 8.51. The molecule has 1 aliphatic rings. The van der Waals surface area contributed by atoms with Crippen LogP contribution in [0.25, 0.3) is 11.1 Å². The zero-order chi connectivity index (χ0) is 19.2. The van der Waals surface area contributed by atoms with Gasteiger partial charge in [0.15, 0.2) is 0 Å². The SMILES string of the molecule is Cc1nn(C)c(C)c1-c1cc(N)cc(C(=N)C2=C(N)CC(C)(C)CC2)c1. The highest BCUT2D eigenvalue weighted by Crippen LogP contribution is 2.38. The Morgan fingerprint density at radius 2 is 1.88 bits per heavy atom. The van der Waals surface area contributed by atoms with Crippen LogP contribution in [0.15, 0.2) is 29.5 Å². The third kappa shape index (κ3) is 3.26. The molecule has 2 aromatic rings. The van der Waals surface area contributed by atoms with Crippen molar-refractivity contribution in [3.8, 4) is 11.1 Å². The summed E-state index contributed by atoms with van der Waals surface area (Å²) in [5.74, 6) is 0. The molecule has 0 fully saturated rings. The first-order valence-electron chi connectivity index (χ1n) is 9.07. The normalized spacial score (nSPS) is 16.8. The highest BCUT2D eigenvalue weighted by Gasteiger charge is 2.28. The molecule has 5 heteroatoms. The number of rotatable bonds is 3. The van der Waals surface area contributed by atoms with E-state index in [2.05, 4.69) is 18.9 Å². The zero-order valence-electron chi connectivity index (χ0n) is 16.4. The van der Waals surface area contributed by atoms with Crippen molar-refractivity contribution < 1.29 is 0 Å². The number of anilines is 1. The number of aryl methyl sites for hydroxylation is 2.